The number of likely N-dealkylation sites (tertiary alicyclic amines) is 1. The average molecular weight is 424 g/mol. The molecule has 0 radical (unpaired) electrons. The first-order chi connectivity index (χ1) is 15.1. The van der Waals surface area contributed by atoms with Gasteiger partial charge in [-0.1, -0.05) is 43.9 Å². The third kappa shape index (κ3) is 5.62. The van der Waals surface area contributed by atoms with Gasteiger partial charge in [-0.15, -0.1) is 0 Å². The molecule has 166 valence electrons. The minimum absolute atomic E-state index is 0.00503. The van der Waals surface area contributed by atoms with Crippen molar-refractivity contribution >= 4 is 22.7 Å². The molecule has 1 saturated carbocycles. The Bertz CT molecular complexity index is 903. The van der Waals surface area contributed by atoms with E-state index in [9.17, 15) is 14.7 Å². The van der Waals surface area contributed by atoms with E-state index in [2.05, 4.69) is 16.4 Å². The summed E-state index contributed by atoms with van der Waals surface area (Å²) in [5.41, 5.74) is 2.09. The molecule has 4 rings (SSSR count). The lowest BCUT2D eigenvalue weighted by molar-refractivity contribution is -0.133. The number of carbonyl (C=O) groups excluding carboxylic acids is 2. The van der Waals surface area contributed by atoms with Gasteiger partial charge in [0.05, 0.1) is 11.6 Å². The van der Waals surface area contributed by atoms with E-state index in [1.54, 1.807) is 11.1 Å². The quantitative estimate of drug-likeness (QED) is 0.699. The van der Waals surface area contributed by atoms with Crippen molar-refractivity contribution in [1.82, 2.24) is 15.2 Å². The van der Waals surface area contributed by atoms with Crippen LogP contribution in [0.5, 0.6) is 0 Å². The molecule has 0 bridgehead atoms. The molecule has 2 aromatic rings. The number of amides is 2. The number of nitrogens with one attached hydrogen (secondary N) is 1. The first-order valence-electron chi connectivity index (χ1n) is 11.7. The number of carbonyl (C=O) groups is 2. The number of rotatable bonds is 6. The van der Waals surface area contributed by atoms with E-state index >= 15 is 0 Å². The summed E-state index contributed by atoms with van der Waals surface area (Å²) in [6.45, 7) is 0.873. The Labute approximate surface area is 184 Å². The van der Waals surface area contributed by atoms with Gasteiger partial charge < -0.3 is 15.3 Å². The number of aliphatic hydroxyl groups is 1. The molecule has 2 aliphatic rings. The van der Waals surface area contributed by atoms with E-state index in [1.807, 2.05) is 24.3 Å². The molecular formula is C25H33N3O3. The van der Waals surface area contributed by atoms with E-state index in [1.165, 1.54) is 25.7 Å². The van der Waals surface area contributed by atoms with E-state index in [4.69, 9.17) is 0 Å². The molecule has 31 heavy (non-hydrogen) atoms. The van der Waals surface area contributed by atoms with Gasteiger partial charge >= 0.3 is 0 Å². The standard InChI is InChI=1S/C25H33N3O3/c29-23-17-28(25(31)12-11-24(30)27-20-7-3-1-2-4-8-20)16-19(23)15-18-13-14-26-22-10-6-5-9-21(18)22/h5-6,9-10,13-14,19-20,23,29H,1-4,7-8,11-12,15-17H2,(H,27,30)/t19-,23+/m1/s1. The Hall–Kier alpha value is -2.47. The van der Waals surface area contributed by atoms with E-state index in [0.717, 1.165) is 29.3 Å². The number of para-hydroxylation sites is 1. The van der Waals surface area contributed by atoms with Gasteiger partial charge in [0, 0.05) is 49.5 Å². The van der Waals surface area contributed by atoms with Crippen molar-refractivity contribution in [2.24, 2.45) is 5.92 Å². The van der Waals surface area contributed by atoms with Crippen LogP contribution in [0.15, 0.2) is 36.5 Å². The predicted octanol–water partition coefficient (Wildman–Crippen LogP) is 3.22. The van der Waals surface area contributed by atoms with E-state index < -0.39 is 6.10 Å². The molecule has 1 aliphatic heterocycles. The number of pyridine rings is 1. The van der Waals surface area contributed by atoms with Crippen LogP contribution in [0.4, 0.5) is 0 Å². The fourth-order valence-electron chi connectivity index (χ4n) is 4.98. The molecule has 1 aromatic heterocycles. The van der Waals surface area contributed by atoms with Crippen LogP contribution in [-0.4, -0.2) is 52.0 Å². The largest absolute Gasteiger partial charge is 0.391 e. The minimum Gasteiger partial charge on any atom is -0.391 e. The Kier molecular flexibility index (Phi) is 7.17. The zero-order chi connectivity index (χ0) is 21.6. The Morgan fingerprint density at radius 1 is 1.03 bits per heavy atom. The first-order valence-corrected chi connectivity index (χ1v) is 11.7. The van der Waals surface area contributed by atoms with Crippen molar-refractivity contribution in [3.05, 3.63) is 42.1 Å². The third-order valence-corrected chi connectivity index (χ3v) is 6.77. The summed E-state index contributed by atoms with van der Waals surface area (Å²) in [7, 11) is 0. The Morgan fingerprint density at radius 2 is 1.81 bits per heavy atom. The Balaban J connectivity index is 1.28. The monoisotopic (exact) mass is 423 g/mol. The van der Waals surface area contributed by atoms with Crippen molar-refractivity contribution in [2.75, 3.05) is 13.1 Å². The first kappa shape index (κ1) is 21.8. The fourth-order valence-corrected chi connectivity index (χ4v) is 4.98. The second kappa shape index (κ2) is 10.2. The molecule has 0 spiro atoms. The maximum atomic E-state index is 12.7. The molecule has 2 fully saturated rings. The molecule has 2 N–H and O–H groups in total. The number of aliphatic hydroxyl groups excluding tert-OH is 1. The number of hydrogen-bond acceptors (Lipinski definition) is 4. The number of β-amino-alcohol motifs (C(OH)–C–C–N with tert-alkyl or cyclic N) is 1. The van der Waals surface area contributed by atoms with Crippen LogP contribution >= 0.6 is 0 Å². The van der Waals surface area contributed by atoms with Crippen LogP contribution in [-0.2, 0) is 16.0 Å². The van der Waals surface area contributed by atoms with Gasteiger partial charge in [0.2, 0.25) is 11.8 Å². The fraction of sp³-hybridized carbons (Fsp3) is 0.560. The van der Waals surface area contributed by atoms with Gasteiger partial charge in [0.1, 0.15) is 0 Å². The summed E-state index contributed by atoms with van der Waals surface area (Å²) >= 11 is 0. The van der Waals surface area contributed by atoms with E-state index in [-0.39, 0.29) is 36.6 Å². The topological polar surface area (TPSA) is 82.5 Å². The molecule has 1 saturated heterocycles. The predicted molar refractivity (Wildman–Crippen MR) is 120 cm³/mol. The molecule has 1 aliphatic carbocycles. The second-order valence-corrected chi connectivity index (χ2v) is 9.07. The number of aromatic nitrogens is 1. The summed E-state index contributed by atoms with van der Waals surface area (Å²) in [5.74, 6) is -0.0773. The number of nitrogens with zero attached hydrogens (tertiary/aromatic N) is 2. The molecule has 0 unspecified atom stereocenters. The average Bonchev–Trinajstić information content (AvgIpc) is 2.97. The molecule has 2 heterocycles. The van der Waals surface area contributed by atoms with Crippen molar-refractivity contribution in [2.45, 2.75) is 69.9 Å². The zero-order valence-corrected chi connectivity index (χ0v) is 18.1. The summed E-state index contributed by atoms with van der Waals surface area (Å²) in [4.78, 5) is 31.1. The molecule has 6 nitrogen and oxygen atoms in total. The molecule has 6 heteroatoms. The lowest BCUT2D eigenvalue weighted by Crippen LogP contribution is -2.36. The molecule has 1 aromatic carbocycles. The lowest BCUT2D eigenvalue weighted by Gasteiger charge is -2.18. The summed E-state index contributed by atoms with van der Waals surface area (Å²) < 4.78 is 0. The van der Waals surface area contributed by atoms with Crippen LogP contribution < -0.4 is 5.32 Å². The number of hydrogen-bond donors (Lipinski definition) is 2. The van der Waals surface area contributed by atoms with Gasteiger partial charge in [0.15, 0.2) is 0 Å². The molecular weight excluding hydrogens is 390 g/mol. The maximum absolute atomic E-state index is 12.7. The third-order valence-electron chi connectivity index (χ3n) is 6.77. The Morgan fingerprint density at radius 3 is 2.61 bits per heavy atom. The number of benzene rings is 1. The summed E-state index contributed by atoms with van der Waals surface area (Å²) in [6, 6.07) is 10.3. The lowest BCUT2D eigenvalue weighted by atomic mass is 9.94. The number of fused-ring (bicyclic) bond motifs is 1. The van der Waals surface area contributed by atoms with Crippen LogP contribution in [0.3, 0.4) is 0 Å². The van der Waals surface area contributed by atoms with Crippen molar-refractivity contribution in [3.63, 3.8) is 0 Å². The normalized spacial score (nSPS) is 22.4. The van der Waals surface area contributed by atoms with Gasteiger partial charge in [-0.05, 0) is 37.0 Å². The summed E-state index contributed by atoms with van der Waals surface area (Å²) in [5, 5.41) is 14.8. The van der Waals surface area contributed by atoms with Crippen molar-refractivity contribution in [3.8, 4) is 0 Å². The van der Waals surface area contributed by atoms with Gasteiger partial charge in [-0.3, -0.25) is 14.6 Å². The second-order valence-electron chi connectivity index (χ2n) is 9.07. The highest BCUT2D eigenvalue weighted by Crippen LogP contribution is 2.26. The SMILES string of the molecule is O=C(CCC(=O)N1C[C@@H](Cc2ccnc3ccccc23)[C@@H](O)C1)NC1CCCCCC1. The van der Waals surface area contributed by atoms with Crippen LogP contribution in [0.25, 0.3) is 10.9 Å². The summed E-state index contributed by atoms with van der Waals surface area (Å²) in [6.07, 6.45) is 9.32. The van der Waals surface area contributed by atoms with Gasteiger partial charge in [-0.25, -0.2) is 0 Å². The minimum atomic E-state index is -0.546. The van der Waals surface area contributed by atoms with Crippen LogP contribution in [0.2, 0.25) is 0 Å². The van der Waals surface area contributed by atoms with Gasteiger partial charge in [0.25, 0.3) is 0 Å². The highest BCUT2D eigenvalue weighted by molar-refractivity contribution is 5.84. The maximum Gasteiger partial charge on any atom is 0.223 e. The highest BCUT2D eigenvalue weighted by Gasteiger charge is 2.34. The molecule has 2 amide bonds. The zero-order valence-electron chi connectivity index (χ0n) is 18.1. The van der Waals surface area contributed by atoms with Crippen LogP contribution in [0.1, 0.15) is 56.9 Å². The highest BCUT2D eigenvalue weighted by atomic mass is 16.3. The molecule has 2 atom stereocenters. The smallest absolute Gasteiger partial charge is 0.223 e. The van der Waals surface area contributed by atoms with Crippen LogP contribution in [0, 0.1) is 5.92 Å². The van der Waals surface area contributed by atoms with Gasteiger partial charge in [-0.2, -0.15) is 0 Å². The van der Waals surface area contributed by atoms with Crippen molar-refractivity contribution < 1.29 is 14.7 Å². The van der Waals surface area contributed by atoms with Crippen molar-refractivity contribution in [1.29, 1.82) is 0 Å². The van der Waals surface area contributed by atoms with E-state index in [0.29, 0.717) is 19.5 Å².